The number of alkyl halides is 3. The van der Waals surface area contributed by atoms with Gasteiger partial charge < -0.3 is 15.9 Å². The number of carbonyl (C=O) groups excluding carboxylic acids is 1. The number of rotatable bonds is 4. The lowest BCUT2D eigenvalue weighted by Gasteiger charge is -2.08. The van der Waals surface area contributed by atoms with Crippen molar-refractivity contribution in [2.45, 2.75) is 18.6 Å². The minimum atomic E-state index is -4.42. The Balaban J connectivity index is 2.28. The van der Waals surface area contributed by atoms with Crippen LogP contribution in [0, 0.1) is 0 Å². The first kappa shape index (κ1) is 15.1. The van der Waals surface area contributed by atoms with Crippen molar-refractivity contribution in [3.63, 3.8) is 0 Å². The highest BCUT2D eigenvalue weighted by molar-refractivity contribution is 5.74. The third kappa shape index (κ3) is 3.63. The molecule has 1 aromatic carbocycles. The number of amides is 1. The number of nitrogens with two attached hydrogens (primary N) is 2. The fourth-order valence-corrected chi connectivity index (χ4v) is 1.87. The Morgan fingerprint density at radius 3 is 2.57 bits per heavy atom. The van der Waals surface area contributed by atoms with Crippen LogP contribution < -0.4 is 11.5 Å². The zero-order valence-electron chi connectivity index (χ0n) is 10.9. The Kier molecular flexibility index (Phi) is 4.04. The molecule has 0 aliphatic carbocycles. The fourth-order valence-electron chi connectivity index (χ4n) is 1.87. The third-order valence-corrected chi connectivity index (χ3v) is 2.89. The van der Waals surface area contributed by atoms with Gasteiger partial charge in [-0.1, -0.05) is 12.1 Å². The van der Waals surface area contributed by atoms with E-state index in [4.69, 9.17) is 15.9 Å². The molecule has 1 aromatic heterocycles. The van der Waals surface area contributed by atoms with Gasteiger partial charge in [-0.2, -0.15) is 13.2 Å². The Morgan fingerprint density at radius 2 is 1.95 bits per heavy atom. The van der Waals surface area contributed by atoms with Crippen LogP contribution in [0.25, 0.3) is 11.3 Å². The van der Waals surface area contributed by atoms with Gasteiger partial charge in [-0.3, -0.25) is 4.79 Å². The first-order chi connectivity index (χ1) is 9.77. The van der Waals surface area contributed by atoms with Gasteiger partial charge in [-0.25, -0.2) is 0 Å². The van der Waals surface area contributed by atoms with Crippen molar-refractivity contribution in [3.8, 4) is 11.3 Å². The molecule has 0 saturated carbocycles. The number of hydrogen-bond acceptors (Lipinski definition) is 3. The Hall–Kier alpha value is -2.28. The van der Waals surface area contributed by atoms with Gasteiger partial charge in [-0.15, -0.1) is 0 Å². The maximum Gasteiger partial charge on any atom is 0.416 e. The summed E-state index contributed by atoms with van der Waals surface area (Å²) < 4.78 is 43.4. The second kappa shape index (κ2) is 5.61. The van der Waals surface area contributed by atoms with Gasteiger partial charge in [0, 0.05) is 12.0 Å². The molecular weight excluding hydrogens is 285 g/mol. The van der Waals surface area contributed by atoms with E-state index in [1.54, 1.807) is 0 Å². The average Bonchev–Trinajstić information content (AvgIpc) is 2.86. The first-order valence-electron chi connectivity index (χ1n) is 6.08. The lowest BCUT2D eigenvalue weighted by atomic mass is 10.1. The van der Waals surface area contributed by atoms with E-state index in [0.717, 1.165) is 12.1 Å². The molecule has 1 atom stereocenters. The molecule has 0 saturated heterocycles. The van der Waals surface area contributed by atoms with E-state index in [1.807, 2.05) is 0 Å². The molecule has 21 heavy (non-hydrogen) atoms. The molecule has 4 N–H and O–H groups in total. The molecule has 1 heterocycles. The van der Waals surface area contributed by atoms with Gasteiger partial charge in [0.15, 0.2) is 0 Å². The first-order valence-corrected chi connectivity index (χ1v) is 6.08. The van der Waals surface area contributed by atoms with E-state index in [1.165, 1.54) is 24.3 Å². The second-order valence-electron chi connectivity index (χ2n) is 4.56. The van der Waals surface area contributed by atoms with Gasteiger partial charge in [0.2, 0.25) is 5.91 Å². The summed E-state index contributed by atoms with van der Waals surface area (Å²) >= 11 is 0. The molecule has 4 nitrogen and oxygen atoms in total. The molecule has 2 rings (SSSR count). The second-order valence-corrected chi connectivity index (χ2v) is 4.56. The summed E-state index contributed by atoms with van der Waals surface area (Å²) in [4.78, 5) is 10.8. The number of carbonyl (C=O) groups is 1. The van der Waals surface area contributed by atoms with E-state index in [9.17, 15) is 18.0 Å². The Labute approximate surface area is 118 Å². The molecule has 0 bridgehead atoms. The third-order valence-electron chi connectivity index (χ3n) is 2.89. The van der Waals surface area contributed by atoms with Gasteiger partial charge in [0.25, 0.3) is 0 Å². The predicted molar refractivity (Wildman–Crippen MR) is 69.9 cm³/mol. The van der Waals surface area contributed by atoms with Crippen LogP contribution in [0.5, 0.6) is 0 Å². The molecule has 0 aliphatic heterocycles. The van der Waals surface area contributed by atoms with E-state index < -0.39 is 23.7 Å². The number of primary amides is 1. The summed E-state index contributed by atoms with van der Waals surface area (Å²) in [5.41, 5.74) is 10.3. The molecule has 0 radical (unpaired) electrons. The smallest absolute Gasteiger partial charge is 0.416 e. The van der Waals surface area contributed by atoms with Gasteiger partial charge in [0.1, 0.15) is 11.5 Å². The zero-order valence-corrected chi connectivity index (χ0v) is 10.9. The van der Waals surface area contributed by atoms with Crippen molar-refractivity contribution in [3.05, 3.63) is 47.7 Å². The summed E-state index contributed by atoms with van der Waals surface area (Å²) in [7, 11) is 0. The molecule has 112 valence electrons. The fraction of sp³-hybridized carbons (Fsp3) is 0.214. The normalized spacial score (nSPS) is 13.1. The molecular formula is C14H13F3N2O2. The van der Waals surface area contributed by atoms with Crippen LogP contribution in [0.4, 0.5) is 13.2 Å². The van der Waals surface area contributed by atoms with Gasteiger partial charge in [0.05, 0.1) is 11.6 Å². The van der Waals surface area contributed by atoms with E-state index in [2.05, 4.69) is 0 Å². The SMILES string of the molecule is NC(=O)C[C@H](N)c1ccc(-c2cccc(C(F)(F)F)c2)o1. The number of furan rings is 1. The quantitative estimate of drug-likeness (QED) is 0.910. The lowest BCUT2D eigenvalue weighted by molar-refractivity contribution is -0.137. The summed E-state index contributed by atoms with van der Waals surface area (Å²) in [5.74, 6) is -0.0447. The van der Waals surface area contributed by atoms with E-state index in [-0.39, 0.29) is 17.7 Å². The van der Waals surface area contributed by atoms with Crippen molar-refractivity contribution in [1.29, 1.82) is 0 Å². The molecule has 0 fully saturated rings. The highest BCUT2D eigenvalue weighted by Gasteiger charge is 2.30. The van der Waals surface area contributed by atoms with Crippen LogP contribution in [0.3, 0.4) is 0 Å². The average molecular weight is 298 g/mol. The van der Waals surface area contributed by atoms with Gasteiger partial charge >= 0.3 is 6.18 Å². The van der Waals surface area contributed by atoms with Crippen molar-refractivity contribution in [1.82, 2.24) is 0 Å². The van der Waals surface area contributed by atoms with Crippen LogP contribution >= 0.6 is 0 Å². The summed E-state index contributed by atoms with van der Waals surface area (Å²) in [6.45, 7) is 0. The highest BCUT2D eigenvalue weighted by Crippen LogP contribution is 2.33. The van der Waals surface area contributed by atoms with Crippen molar-refractivity contribution >= 4 is 5.91 Å². The minimum absolute atomic E-state index is 0.102. The molecule has 2 aromatic rings. The maximum absolute atomic E-state index is 12.7. The monoisotopic (exact) mass is 298 g/mol. The van der Waals surface area contributed by atoms with Crippen LogP contribution in [0.2, 0.25) is 0 Å². The molecule has 7 heteroatoms. The predicted octanol–water partition coefficient (Wildman–Crippen LogP) is 2.84. The topological polar surface area (TPSA) is 82.2 Å². The van der Waals surface area contributed by atoms with Crippen LogP contribution in [0.1, 0.15) is 23.8 Å². The van der Waals surface area contributed by atoms with Crippen LogP contribution in [0.15, 0.2) is 40.8 Å². The van der Waals surface area contributed by atoms with E-state index in [0.29, 0.717) is 5.76 Å². The largest absolute Gasteiger partial charge is 0.459 e. The Morgan fingerprint density at radius 1 is 1.24 bits per heavy atom. The van der Waals surface area contributed by atoms with Crippen LogP contribution in [-0.4, -0.2) is 5.91 Å². The van der Waals surface area contributed by atoms with Gasteiger partial charge in [-0.05, 0) is 24.3 Å². The zero-order chi connectivity index (χ0) is 15.6. The standard InChI is InChI=1S/C14H13F3N2O2/c15-14(16,17)9-3-1-2-8(6-9)11-4-5-12(21-11)10(18)7-13(19)20/h1-6,10H,7,18H2,(H2,19,20)/t10-/m0/s1. The summed E-state index contributed by atoms with van der Waals surface area (Å²) in [6, 6.07) is 7.06. The minimum Gasteiger partial charge on any atom is -0.459 e. The highest BCUT2D eigenvalue weighted by atomic mass is 19.4. The molecule has 1 amide bonds. The molecule has 0 spiro atoms. The number of hydrogen-bond donors (Lipinski definition) is 2. The number of halogens is 3. The lowest BCUT2D eigenvalue weighted by Crippen LogP contribution is -2.20. The Bertz CT molecular complexity index is 650. The van der Waals surface area contributed by atoms with Crippen LogP contribution in [-0.2, 0) is 11.0 Å². The molecule has 0 aliphatic rings. The number of benzene rings is 1. The molecule has 0 unspecified atom stereocenters. The summed E-state index contributed by atoms with van der Waals surface area (Å²) in [6.07, 6.45) is -4.52. The summed E-state index contributed by atoms with van der Waals surface area (Å²) in [5, 5.41) is 0. The van der Waals surface area contributed by atoms with E-state index >= 15 is 0 Å². The van der Waals surface area contributed by atoms with Crippen molar-refractivity contribution in [2.24, 2.45) is 11.5 Å². The van der Waals surface area contributed by atoms with Crippen molar-refractivity contribution < 1.29 is 22.4 Å². The van der Waals surface area contributed by atoms with Crippen molar-refractivity contribution in [2.75, 3.05) is 0 Å². The maximum atomic E-state index is 12.7.